The normalized spacial score (nSPS) is 15.3. The van der Waals surface area contributed by atoms with Crippen LogP contribution in [0.25, 0.3) is 10.9 Å². The second kappa shape index (κ2) is 11.2. The number of carbonyl (C=O) groups excluding carboxylic acids is 3. The number of anilines is 2. The molecule has 8 nitrogen and oxygen atoms in total. The van der Waals surface area contributed by atoms with Crippen molar-refractivity contribution in [2.75, 3.05) is 23.8 Å². The van der Waals surface area contributed by atoms with Gasteiger partial charge in [-0.1, -0.05) is 31.2 Å². The molecule has 3 heterocycles. The molecule has 1 unspecified atom stereocenters. The number of rotatable bonds is 8. The molecule has 3 amide bonds. The lowest BCUT2D eigenvalue weighted by Crippen LogP contribution is -2.43. The van der Waals surface area contributed by atoms with Gasteiger partial charge in [-0.25, -0.2) is 0 Å². The zero-order chi connectivity index (χ0) is 29.3. The van der Waals surface area contributed by atoms with Crippen LogP contribution in [-0.2, 0) is 27.3 Å². The monoisotopic (exact) mass is 551 g/mol. The Balaban J connectivity index is 1.50. The Bertz CT molecular complexity index is 1610. The summed E-state index contributed by atoms with van der Waals surface area (Å²) in [5, 5.41) is 4.05. The summed E-state index contributed by atoms with van der Waals surface area (Å²) < 4.78 is 2.01. The number of carbonyl (C=O) groups is 3. The molecule has 2 aromatic heterocycles. The van der Waals surface area contributed by atoms with Gasteiger partial charge in [-0.2, -0.15) is 0 Å². The van der Waals surface area contributed by atoms with E-state index in [2.05, 4.69) is 36.3 Å². The van der Waals surface area contributed by atoms with Gasteiger partial charge in [-0.15, -0.1) is 0 Å². The van der Waals surface area contributed by atoms with Gasteiger partial charge in [-0.05, 0) is 80.6 Å². The third-order valence-corrected chi connectivity index (χ3v) is 8.21. The van der Waals surface area contributed by atoms with Crippen molar-refractivity contribution in [3.63, 3.8) is 0 Å². The van der Waals surface area contributed by atoms with Crippen LogP contribution < -0.4 is 10.2 Å². The number of nitrogens with one attached hydrogen (secondary N) is 1. The number of pyridine rings is 1. The Morgan fingerprint density at radius 2 is 1.90 bits per heavy atom. The van der Waals surface area contributed by atoms with E-state index in [1.807, 2.05) is 64.3 Å². The number of hydrogen-bond donors (Lipinski definition) is 1. The Morgan fingerprint density at radius 3 is 2.63 bits per heavy atom. The largest absolute Gasteiger partial charge is 0.338 e. The molecule has 4 aromatic rings. The number of aromatic nitrogens is 2. The van der Waals surface area contributed by atoms with Crippen LogP contribution in [0.5, 0.6) is 0 Å². The van der Waals surface area contributed by atoms with Crippen LogP contribution in [0.2, 0.25) is 0 Å². The fraction of sp³-hybridized carbons (Fsp3) is 0.333. The van der Waals surface area contributed by atoms with Gasteiger partial charge >= 0.3 is 0 Å². The first-order valence-electron chi connectivity index (χ1n) is 14.1. The van der Waals surface area contributed by atoms with Crippen molar-refractivity contribution in [2.24, 2.45) is 5.41 Å². The molecule has 1 atom stereocenters. The van der Waals surface area contributed by atoms with Crippen molar-refractivity contribution in [3.8, 4) is 0 Å². The zero-order valence-electron chi connectivity index (χ0n) is 24.3. The van der Waals surface area contributed by atoms with E-state index in [9.17, 15) is 14.4 Å². The van der Waals surface area contributed by atoms with Gasteiger partial charge < -0.3 is 19.7 Å². The van der Waals surface area contributed by atoms with E-state index in [4.69, 9.17) is 0 Å². The highest BCUT2D eigenvalue weighted by atomic mass is 16.2. The molecule has 0 aliphatic carbocycles. The predicted octanol–water partition coefficient (Wildman–Crippen LogP) is 5.51. The molecular weight excluding hydrogens is 514 g/mol. The van der Waals surface area contributed by atoms with E-state index in [0.717, 1.165) is 22.0 Å². The summed E-state index contributed by atoms with van der Waals surface area (Å²) in [4.78, 5) is 47.8. The van der Waals surface area contributed by atoms with Crippen LogP contribution >= 0.6 is 0 Å². The summed E-state index contributed by atoms with van der Waals surface area (Å²) in [5.41, 5.74) is 4.18. The van der Waals surface area contributed by atoms with Crippen molar-refractivity contribution in [2.45, 2.75) is 53.1 Å². The summed E-state index contributed by atoms with van der Waals surface area (Å²) >= 11 is 0. The topological polar surface area (TPSA) is 87.5 Å². The van der Waals surface area contributed by atoms with Gasteiger partial charge in [0.25, 0.3) is 0 Å². The fourth-order valence-corrected chi connectivity index (χ4v) is 5.68. The zero-order valence-corrected chi connectivity index (χ0v) is 24.3. The summed E-state index contributed by atoms with van der Waals surface area (Å²) in [6.07, 6.45) is 6.89. The molecule has 1 aliphatic heterocycles. The minimum absolute atomic E-state index is 0.00792. The SMILES string of the molecule is CCC(c1ccc2c(c1)N(C)C(=O)C(C)(C)C(=O)N2)N(CCc1cccnc1)C(=O)Cn1ccc2c(C)cccc21. The number of benzene rings is 2. The maximum absolute atomic E-state index is 14.1. The second-order valence-corrected chi connectivity index (χ2v) is 11.3. The molecule has 5 rings (SSSR count). The van der Waals surface area contributed by atoms with Crippen molar-refractivity contribution < 1.29 is 14.4 Å². The minimum atomic E-state index is -1.19. The molecular formula is C33H37N5O3. The van der Waals surface area contributed by atoms with Crippen molar-refractivity contribution >= 4 is 40.0 Å². The molecule has 0 saturated heterocycles. The third-order valence-electron chi connectivity index (χ3n) is 8.21. The molecule has 0 radical (unpaired) electrons. The summed E-state index contributed by atoms with van der Waals surface area (Å²) in [6.45, 7) is 8.13. The number of amides is 3. The first-order valence-corrected chi connectivity index (χ1v) is 14.1. The molecule has 8 heteroatoms. The molecule has 0 saturated carbocycles. The van der Waals surface area contributed by atoms with Crippen LogP contribution in [0.4, 0.5) is 11.4 Å². The average Bonchev–Trinajstić information content (AvgIpc) is 3.36. The maximum Gasteiger partial charge on any atom is 0.243 e. The van der Waals surface area contributed by atoms with Gasteiger partial charge in [0.1, 0.15) is 12.0 Å². The molecule has 1 N–H and O–H groups in total. The lowest BCUT2D eigenvalue weighted by atomic mass is 9.91. The highest BCUT2D eigenvalue weighted by Crippen LogP contribution is 2.38. The Labute approximate surface area is 241 Å². The Morgan fingerprint density at radius 1 is 1.10 bits per heavy atom. The molecule has 1 aliphatic rings. The maximum atomic E-state index is 14.1. The van der Waals surface area contributed by atoms with Gasteiger partial charge in [0.05, 0.1) is 17.4 Å². The standard InChI is InChI=1S/C33H37N5O3/c1-6-27(24-12-13-26-29(19-24)36(5)32(41)33(3,4)31(40)35-26)38(18-14-23-10-8-16-34-20-23)30(39)21-37-17-15-25-22(2)9-7-11-28(25)37/h7-13,15-17,19-20,27H,6,14,18,21H2,1-5H3,(H,35,40). The van der Waals surface area contributed by atoms with E-state index in [1.54, 1.807) is 32.0 Å². The highest BCUT2D eigenvalue weighted by Gasteiger charge is 2.42. The van der Waals surface area contributed by atoms with E-state index in [1.165, 1.54) is 5.56 Å². The van der Waals surface area contributed by atoms with Crippen LogP contribution in [-0.4, -0.2) is 45.8 Å². The summed E-state index contributed by atoms with van der Waals surface area (Å²) in [5.74, 6) is -0.609. The van der Waals surface area contributed by atoms with Gasteiger partial charge in [0.2, 0.25) is 17.7 Å². The Hall–Kier alpha value is -4.46. The molecule has 0 fully saturated rings. The van der Waals surface area contributed by atoms with Crippen molar-refractivity contribution in [3.05, 3.63) is 89.9 Å². The lowest BCUT2D eigenvalue weighted by molar-refractivity contribution is -0.136. The number of aryl methyl sites for hydroxylation is 1. The molecule has 212 valence electrons. The van der Waals surface area contributed by atoms with E-state index in [-0.39, 0.29) is 30.3 Å². The minimum Gasteiger partial charge on any atom is -0.338 e. The molecule has 0 spiro atoms. The summed E-state index contributed by atoms with van der Waals surface area (Å²) in [7, 11) is 1.69. The summed E-state index contributed by atoms with van der Waals surface area (Å²) in [6, 6.07) is 17.6. The number of fused-ring (bicyclic) bond motifs is 2. The quantitative estimate of drug-likeness (QED) is 0.293. The third kappa shape index (κ3) is 5.34. The van der Waals surface area contributed by atoms with E-state index < -0.39 is 5.41 Å². The van der Waals surface area contributed by atoms with Crippen LogP contribution in [0.3, 0.4) is 0 Å². The van der Waals surface area contributed by atoms with Crippen LogP contribution in [0.15, 0.2) is 73.2 Å². The highest BCUT2D eigenvalue weighted by molar-refractivity contribution is 6.19. The van der Waals surface area contributed by atoms with Crippen molar-refractivity contribution in [1.29, 1.82) is 0 Å². The van der Waals surface area contributed by atoms with Gasteiger partial charge in [0, 0.05) is 43.1 Å². The smallest absolute Gasteiger partial charge is 0.243 e. The lowest BCUT2D eigenvalue weighted by Gasteiger charge is -2.33. The molecule has 2 aromatic carbocycles. The number of nitrogens with zero attached hydrogens (tertiary/aromatic N) is 4. The Kier molecular flexibility index (Phi) is 7.67. The number of hydrogen-bond acceptors (Lipinski definition) is 4. The molecule has 41 heavy (non-hydrogen) atoms. The van der Waals surface area contributed by atoms with E-state index in [0.29, 0.717) is 30.8 Å². The van der Waals surface area contributed by atoms with E-state index >= 15 is 0 Å². The van der Waals surface area contributed by atoms with Gasteiger partial charge in [0.15, 0.2) is 0 Å². The molecule has 0 bridgehead atoms. The fourth-order valence-electron chi connectivity index (χ4n) is 5.68. The van der Waals surface area contributed by atoms with Gasteiger partial charge in [-0.3, -0.25) is 19.4 Å². The van der Waals surface area contributed by atoms with Crippen LogP contribution in [0, 0.1) is 12.3 Å². The average molecular weight is 552 g/mol. The van der Waals surface area contributed by atoms with Crippen molar-refractivity contribution in [1.82, 2.24) is 14.5 Å². The second-order valence-electron chi connectivity index (χ2n) is 11.3. The predicted molar refractivity (Wildman–Crippen MR) is 162 cm³/mol. The first-order chi connectivity index (χ1) is 19.6. The van der Waals surface area contributed by atoms with Crippen LogP contribution in [0.1, 0.15) is 49.9 Å². The first kappa shape index (κ1) is 28.1.